The van der Waals surface area contributed by atoms with Crippen molar-refractivity contribution in [2.75, 3.05) is 13.2 Å². The average molecular weight is 494 g/mol. The molecule has 0 aromatic heterocycles. The third kappa shape index (κ3) is 4.39. The smallest absolute Gasteiger partial charge is 0.339 e. The molecule has 0 spiro atoms. The van der Waals surface area contributed by atoms with Crippen LogP contribution < -0.4 is 9.47 Å². The van der Waals surface area contributed by atoms with Crippen LogP contribution in [0.2, 0.25) is 0 Å². The lowest BCUT2D eigenvalue weighted by atomic mass is 9.81. The molecular formula is C25H18O11. The molecule has 0 bridgehead atoms. The second-order valence-electron chi connectivity index (χ2n) is 8.07. The number of hydrogen-bond acceptors (Lipinski definition) is 9. The fourth-order valence-corrected chi connectivity index (χ4v) is 4.00. The van der Waals surface area contributed by atoms with E-state index in [1.807, 2.05) is 0 Å². The van der Waals surface area contributed by atoms with Gasteiger partial charge in [-0.15, -0.1) is 0 Å². The van der Waals surface area contributed by atoms with E-state index in [-0.39, 0.29) is 40.4 Å². The van der Waals surface area contributed by atoms with E-state index in [1.165, 1.54) is 36.4 Å². The summed E-state index contributed by atoms with van der Waals surface area (Å²) in [6, 6.07) is 8.24. The molecule has 2 aliphatic rings. The number of hydrogen-bond donors (Lipinski definition) is 3. The number of allylic oxidation sites excluding steroid dienone is 1. The van der Waals surface area contributed by atoms with Crippen molar-refractivity contribution in [3.05, 3.63) is 70.3 Å². The zero-order valence-corrected chi connectivity index (χ0v) is 18.4. The van der Waals surface area contributed by atoms with Crippen molar-refractivity contribution in [3.63, 3.8) is 0 Å². The molecule has 0 amide bonds. The number of aliphatic carboxylic acids is 2. The van der Waals surface area contributed by atoms with Gasteiger partial charge in [0.25, 0.3) is 0 Å². The van der Waals surface area contributed by atoms with Gasteiger partial charge in [-0.3, -0.25) is 24.0 Å². The summed E-state index contributed by atoms with van der Waals surface area (Å²) in [6.07, 6.45) is -1.07. The highest BCUT2D eigenvalue weighted by Gasteiger charge is 2.39. The van der Waals surface area contributed by atoms with Crippen LogP contribution in [0.15, 0.2) is 48.0 Å². The number of ketones is 4. The number of carboxylic acids is 2. The minimum Gasteiger partial charge on any atom is -0.490 e. The summed E-state index contributed by atoms with van der Waals surface area (Å²) in [5.41, 5.74) is -1.06. The fourth-order valence-electron chi connectivity index (χ4n) is 4.00. The number of carbonyl (C=O) groups excluding carboxylic acids is 4. The molecular weight excluding hydrogens is 476 g/mol. The van der Waals surface area contributed by atoms with E-state index in [4.69, 9.17) is 14.6 Å². The topological polar surface area (TPSA) is 182 Å². The van der Waals surface area contributed by atoms with Crippen LogP contribution in [0.1, 0.15) is 47.9 Å². The third-order valence-corrected chi connectivity index (χ3v) is 5.70. The Morgan fingerprint density at radius 2 is 1.47 bits per heavy atom. The highest BCUT2D eigenvalue weighted by molar-refractivity contribution is 6.33. The van der Waals surface area contributed by atoms with Crippen LogP contribution in [-0.4, -0.2) is 69.7 Å². The van der Waals surface area contributed by atoms with E-state index in [0.717, 1.165) is 0 Å². The van der Waals surface area contributed by atoms with E-state index < -0.39 is 65.7 Å². The molecule has 11 heteroatoms. The van der Waals surface area contributed by atoms with Crippen LogP contribution in [-0.2, 0) is 9.59 Å². The van der Waals surface area contributed by atoms with Gasteiger partial charge in [-0.05, 0) is 12.1 Å². The zero-order valence-electron chi connectivity index (χ0n) is 18.4. The summed E-state index contributed by atoms with van der Waals surface area (Å²) in [6.45, 7) is -0.776. The van der Waals surface area contributed by atoms with Gasteiger partial charge in [0, 0.05) is 23.6 Å². The van der Waals surface area contributed by atoms with Crippen molar-refractivity contribution < 1.29 is 53.6 Å². The highest BCUT2D eigenvalue weighted by atomic mass is 16.5. The van der Waals surface area contributed by atoms with Crippen LogP contribution >= 0.6 is 0 Å². The van der Waals surface area contributed by atoms with Crippen LogP contribution in [0.5, 0.6) is 11.5 Å². The fraction of sp³-hybridized carbons (Fsp3) is 0.200. The molecule has 0 saturated carbocycles. The SMILES string of the molecule is O=C(O)C1=CC(=O)c2c(OCC(O)COc3cccc4c3C(=O)CC(C(=O)O)C4=O)cccc2C1=O. The summed E-state index contributed by atoms with van der Waals surface area (Å²) in [5.74, 6) is -7.29. The van der Waals surface area contributed by atoms with Gasteiger partial charge in [-0.1, -0.05) is 24.3 Å². The van der Waals surface area contributed by atoms with Crippen molar-refractivity contribution in [1.82, 2.24) is 0 Å². The molecule has 11 nitrogen and oxygen atoms in total. The quantitative estimate of drug-likeness (QED) is 0.356. The average Bonchev–Trinajstić information content (AvgIpc) is 2.85. The van der Waals surface area contributed by atoms with Crippen LogP contribution in [0.25, 0.3) is 0 Å². The highest BCUT2D eigenvalue weighted by Crippen LogP contribution is 2.33. The van der Waals surface area contributed by atoms with Crippen molar-refractivity contribution in [2.45, 2.75) is 12.5 Å². The molecule has 0 radical (unpaired) electrons. The van der Waals surface area contributed by atoms with E-state index in [1.54, 1.807) is 0 Å². The van der Waals surface area contributed by atoms with E-state index in [0.29, 0.717) is 6.08 Å². The lowest BCUT2D eigenvalue weighted by molar-refractivity contribution is -0.140. The van der Waals surface area contributed by atoms with Gasteiger partial charge in [0.1, 0.15) is 42.3 Å². The molecule has 0 fully saturated rings. The molecule has 0 saturated heterocycles. The summed E-state index contributed by atoms with van der Waals surface area (Å²) in [4.78, 5) is 72.2. The van der Waals surface area contributed by atoms with Gasteiger partial charge < -0.3 is 24.8 Å². The standard InChI is InChI=1S/C25H18O11/c26-11(9-35-18-5-1-3-12-20(18)16(27)7-14(22(12)29)24(31)32)10-36-19-6-2-4-13-21(19)17(28)8-15(23(13)30)25(33)34/h1-7,11,15,26H,8-10H2,(H,31,32)(H,33,34). The Morgan fingerprint density at radius 3 is 2.06 bits per heavy atom. The molecule has 2 aromatic carbocycles. The van der Waals surface area contributed by atoms with Crippen molar-refractivity contribution in [3.8, 4) is 11.5 Å². The predicted molar refractivity (Wildman–Crippen MR) is 119 cm³/mol. The Bertz CT molecular complexity index is 1370. The third-order valence-electron chi connectivity index (χ3n) is 5.70. The molecule has 2 aromatic rings. The molecule has 36 heavy (non-hydrogen) atoms. The zero-order chi connectivity index (χ0) is 26.1. The minimum absolute atomic E-state index is 0.00191. The Labute approximate surface area is 202 Å². The summed E-state index contributed by atoms with van der Waals surface area (Å²) >= 11 is 0. The summed E-state index contributed by atoms with van der Waals surface area (Å²) in [5, 5.41) is 28.6. The number of ether oxygens (including phenoxy) is 2. The maximum absolute atomic E-state index is 12.5. The number of carboxylic acid groups (broad SMARTS) is 2. The van der Waals surface area contributed by atoms with Gasteiger partial charge in [-0.2, -0.15) is 0 Å². The number of Topliss-reactive ketones (excluding diaryl/α,β-unsaturated/α-hetero) is 3. The predicted octanol–water partition coefficient (Wildman–Crippen LogP) is 1.37. The number of aliphatic hydroxyl groups excluding tert-OH is 1. The summed E-state index contributed by atoms with van der Waals surface area (Å²) < 4.78 is 11.0. The first-order chi connectivity index (χ1) is 17.1. The van der Waals surface area contributed by atoms with E-state index in [9.17, 15) is 39.0 Å². The maximum Gasteiger partial charge on any atom is 0.339 e. The Morgan fingerprint density at radius 1 is 0.889 bits per heavy atom. The number of rotatable bonds is 8. The lowest BCUT2D eigenvalue weighted by Gasteiger charge is -2.22. The van der Waals surface area contributed by atoms with Gasteiger partial charge in [0.05, 0.1) is 11.1 Å². The van der Waals surface area contributed by atoms with E-state index in [2.05, 4.69) is 0 Å². The van der Waals surface area contributed by atoms with Gasteiger partial charge >= 0.3 is 11.9 Å². The second-order valence-corrected chi connectivity index (χ2v) is 8.07. The largest absolute Gasteiger partial charge is 0.490 e. The molecule has 0 aliphatic heterocycles. The van der Waals surface area contributed by atoms with Crippen LogP contribution in [0, 0.1) is 5.92 Å². The van der Waals surface area contributed by atoms with E-state index >= 15 is 0 Å². The van der Waals surface area contributed by atoms with Crippen LogP contribution in [0.4, 0.5) is 0 Å². The Hall–Kier alpha value is -4.64. The molecule has 4 rings (SSSR count). The molecule has 184 valence electrons. The number of aliphatic hydroxyl groups is 1. The molecule has 0 heterocycles. The normalized spacial score (nSPS) is 17.6. The lowest BCUT2D eigenvalue weighted by Crippen LogP contribution is -2.33. The maximum atomic E-state index is 12.5. The molecule has 3 N–H and O–H groups in total. The Balaban J connectivity index is 1.45. The first-order valence-electron chi connectivity index (χ1n) is 10.6. The van der Waals surface area contributed by atoms with Crippen LogP contribution in [0.3, 0.4) is 0 Å². The second kappa shape index (κ2) is 9.55. The molecule has 2 atom stereocenters. The van der Waals surface area contributed by atoms with Crippen molar-refractivity contribution in [2.24, 2.45) is 5.92 Å². The van der Waals surface area contributed by atoms with Crippen molar-refractivity contribution in [1.29, 1.82) is 0 Å². The first-order valence-corrected chi connectivity index (χ1v) is 10.6. The number of fused-ring (bicyclic) bond motifs is 2. The number of carbonyl (C=O) groups is 6. The summed E-state index contributed by atoms with van der Waals surface area (Å²) in [7, 11) is 0. The van der Waals surface area contributed by atoms with Gasteiger partial charge in [0.15, 0.2) is 17.3 Å². The van der Waals surface area contributed by atoms with Gasteiger partial charge in [0.2, 0.25) is 5.78 Å². The molecule has 2 aliphatic carbocycles. The first kappa shape index (κ1) is 24.5. The Kier molecular flexibility index (Phi) is 6.49. The van der Waals surface area contributed by atoms with Gasteiger partial charge in [-0.25, -0.2) is 4.79 Å². The molecule has 2 unspecified atom stereocenters. The minimum atomic E-state index is -1.53. The number of benzene rings is 2. The monoisotopic (exact) mass is 494 g/mol. The van der Waals surface area contributed by atoms with Crippen molar-refractivity contribution >= 4 is 35.1 Å².